The van der Waals surface area contributed by atoms with E-state index in [0.29, 0.717) is 25.7 Å². The fourth-order valence-electron chi connectivity index (χ4n) is 4.74. The first-order valence-electron chi connectivity index (χ1n) is 11.5. The van der Waals surface area contributed by atoms with Crippen LogP contribution in [0.4, 0.5) is 0 Å². The summed E-state index contributed by atoms with van der Waals surface area (Å²) in [7, 11) is 0. The molecule has 1 unspecified atom stereocenters. The maximum atomic E-state index is 12.6. The molecule has 0 bridgehead atoms. The monoisotopic (exact) mass is 451 g/mol. The van der Waals surface area contributed by atoms with Crippen molar-refractivity contribution in [2.24, 2.45) is 35.3 Å². The van der Waals surface area contributed by atoms with Crippen molar-refractivity contribution in [2.75, 3.05) is 0 Å². The summed E-state index contributed by atoms with van der Waals surface area (Å²) in [6.45, 7) is 5.79. The van der Waals surface area contributed by atoms with Crippen molar-refractivity contribution in [3.63, 3.8) is 0 Å². The number of esters is 1. The molecule has 0 saturated heterocycles. The SMILES string of the molecule is CCC(C)C(=O)O[C@H]1C[C@H](C(N)=O)C=C2C=C[C@H](C)[C@H](CC[C@@H](O)C[C@@H](O)CC(=O)O)[C@H]21. The van der Waals surface area contributed by atoms with Crippen molar-refractivity contribution >= 4 is 17.8 Å². The maximum Gasteiger partial charge on any atom is 0.308 e. The highest BCUT2D eigenvalue weighted by atomic mass is 16.5. The topological polar surface area (TPSA) is 147 Å². The normalized spacial score (nSPS) is 29.9. The Bertz CT molecular complexity index is 747. The van der Waals surface area contributed by atoms with Gasteiger partial charge < -0.3 is 25.8 Å². The molecule has 0 aromatic rings. The van der Waals surface area contributed by atoms with Gasteiger partial charge in [0.05, 0.1) is 30.5 Å². The Morgan fingerprint density at radius 2 is 1.94 bits per heavy atom. The number of fused-ring (bicyclic) bond motifs is 1. The first-order valence-corrected chi connectivity index (χ1v) is 11.5. The van der Waals surface area contributed by atoms with Crippen molar-refractivity contribution in [1.82, 2.24) is 0 Å². The number of allylic oxidation sites excluding steroid dienone is 2. The number of aliphatic hydroxyl groups is 2. The van der Waals surface area contributed by atoms with Gasteiger partial charge in [0.15, 0.2) is 0 Å². The number of carboxylic acid groups (broad SMARTS) is 1. The summed E-state index contributed by atoms with van der Waals surface area (Å²) in [6.07, 6.45) is 5.03. The number of hydrogen-bond donors (Lipinski definition) is 4. The molecule has 8 heteroatoms. The van der Waals surface area contributed by atoms with Gasteiger partial charge in [-0.2, -0.15) is 0 Å². The third-order valence-electron chi connectivity index (χ3n) is 6.83. The first-order chi connectivity index (χ1) is 15.0. The van der Waals surface area contributed by atoms with Crippen LogP contribution in [-0.2, 0) is 19.1 Å². The quantitative estimate of drug-likeness (QED) is 0.352. The fourth-order valence-corrected chi connectivity index (χ4v) is 4.74. The molecule has 2 aliphatic rings. The van der Waals surface area contributed by atoms with E-state index >= 15 is 0 Å². The molecule has 2 aliphatic carbocycles. The molecule has 0 radical (unpaired) electrons. The van der Waals surface area contributed by atoms with E-state index in [0.717, 1.165) is 5.57 Å². The number of rotatable bonds is 11. The maximum absolute atomic E-state index is 12.6. The van der Waals surface area contributed by atoms with Crippen molar-refractivity contribution < 1.29 is 34.4 Å². The van der Waals surface area contributed by atoms with E-state index in [1.807, 2.05) is 26.0 Å². The molecule has 0 aromatic heterocycles. The van der Waals surface area contributed by atoms with E-state index in [4.69, 9.17) is 15.6 Å². The lowest BCUT2D eigenvalue weighted by atomic mass is 9.65. The first kappa shape index (κ1) is 26.1. The molecular formula is C24H37NO7. The Morgan fingerprint density at radius 3 is 2.53 bits per heavy atom. The van der Waals surface area contributed by atoms with Gasteiger partial charge in [0.2, 0.25) is 5.91 Å². The zero-order chi connectivity index (χ0) is 24.0. The molecule has 8 nitrogen and oxygen atoms in total. The van der Waals surface area contributed by atoms with Crippen molar-refractivity contribution in [1.29, 1.82) is 0 Å². The van der Waals surface area contributed by atoms with Gasteiger partial charge in [-0.05, 0) is 43.1 Å². The van der Waals surface area contributed by atoms with Gasteiger partial charge in [-0.25, -0.2) is 0 Å². The lowest BCUT2D eigenvalue weighted by molar-refractivity contribution is -0.159. The minimum absolute atomic E-state index is 0.00716. The highest BCUT2D eigenvalue weighted by molar-refractivity contribution is 5.79. The molecule has 8 atom stereocenters. The van der Waals surface area contributed by atoms with Crippen LogP contribution in [-0.4, -0.2) is 51.5 Å². The third-order valence-corrected chi connectivity index (χ3v) is 6.83. The number of amides is 1. The standard InChI is InChI=1S/C24H37NO7/c1-4-13(2)24(31)32-20-10-16(23(25)30)9-15-6-5-14(3)19(22(15)20)8-7-17(26)11-18(27)12-21(28)29/h5-6,9,13-14,16-20,22,26-27H,4,7-8,10-12H2,1-3H3,(H2,25,30)(H,28,29)/t13?,14-,16+,17+,18+,19-,20-,22-/m0/s1. The van der Waals surface area contributed by atoms with Crippen LogP contribution in [0.25, 0.3) is 0 Å². The summed E-state index contributed by atoms with van der Waals surface area (Å²) in [6, 6.07) is 0. The number of hydrogen-bond acceptors (Lipinski definition) is 6. The minimum Gasteiger partial charge on any atom is -0.481 e. The number of aliphatic hydroxyl groups excluding tert-OH is 2. The van der Waals surface area contributed by atoms with Crippen molar-refractivity contribution in [2.45, 2.75) is 77.6 Å². The molecule has 2 rings (SSSR count). The summed E-state index contributed by atoms with van der Waals surface area (Å²) in [5.74, 6) is -2.51. The third kappa shape index (κ3) is 6.90. The predicted molar refractivity (Wildman–Crippen MR) is 118 cm³/mol. The highest BCUT2D eigenvalue weighted by Crippen LogP contribution is 2.45. The van der Waals surface area contributed by atoms with Crippen LogP contribution in [0.1, 0.15) is 59.3 Å². The van der Waals surface area contributed by atoms with Gasteiger partial charge in [-0.1, -0.05) is 39.0 Å². The molecule has 5 N–H and O–H groups in total. The Morgan fingerprint density at radius 1 is 1.25 bits per heavy atom. The lowest BCUT2D eigenvalue weighted by Gasteiger charge is -2.43. The summed E-state index contributed by atoms with van der Waals surface area (Å²) in [4.78, 5) is 35.2. The summed E-state index contributed by atoms with van der Waals surface area (Å²) >= 11 is 0. The van der Waals surface area contributed by atoms with E-state index in [2.05, 4.69) is 13.0 Å². The van der Waals surface area contributed by atoms with Crippen molar-refractivity contribution in [3.05, 3.63) is 23.8 Å². The van der Waals surface area contributed by atoms with E-state index in [1.165, 1.54) is 0 Å². The van der Waals surface area contributed by atoms with Crippen LogP contribution in [0, 0.1) is 29.6 Å². The zero-order valence-corrected chi connectivity index (χ0v) is 19.1. The molecular weight excluding hydrogens is 414 g/mol. The van der Waals surface area contributed by atoms with E-state index in [9.17, 15) is 24.6 Å². The molecule has 0 fully saturated rings. The predicted octanol–water partition coefficient (Wildman–Crippen LogP) is 2.18. The summed E-state index contributed by atoms with van der Waals surface area (Å²) < 4.78 is 5.90. The zero-order valence-electron chi connectivity index (χ0n) is 19.1. The van der Waals surface area contributed by atoms with E-state index < -0.39 is 42.5 Å². The average molecular weight is 452 g/mol. The van der Waals surface area contributed by atoms with Crippen LogP contribution in [0.2, 0.25) is 0 Å². The van der Waals surface area contributed by atoms with Gasteiger partial charge in [0.1, 0.15) is 6.10 Å². The Hall–Kier alpha value is -2.19. The number of nitrogens with two attached hydrogens (primary N) is 1. The fraction of sp³-hybridized carbons (Fsp3) is 0.708. The van der Waals surface area contributed by atoms with Crippen molar-refractivity contribution in [3.8, 4) is 0 Å². The number of carbonyl (C=O) groups excluding carboxylic acids is 2. The number of ether oxygens (including phenoxy) is 1. The van der Waals surface area contributed by atoms with Gasteiger partial charge >= 0.3 is 11.9 Å². The molecule has 0 aromatic carbocycles. The van der Waals surface area contributed by atoms with E-state index in [-0.39, 0.29) is 36.1 Å². The minimum atomic E-state index is -1.11. The number of carboxylic acids is 1. The van der Waals surface area contributed by atoms with Crippen LogP contribution in [0.3, 0.4) is 0 Å². The van der Waals surface area contributed by atoms with Crippen LogP contribution < -0.4 is 5.73 Å². The summed E-state index contributed by atoms with van der Waals surface area (Å²) in [5, 5.41) is 28.9. The lowest BCUT2D eigenvalue weighted by Crippen LogP contribution is -2.44. The second-order valence-electron chi connectivity index (χ2n) is 9.32. The molecule has 0 heterocycles. The van der Waals surface area contributed by atoms with Gasteiger partial charge in [0, 0.05) is 12.3 Å². The molecule has 1 amide bonds. The van der Waals surface area contributed by atoms with Gasteiger partial charge in [-0.15, -0.1) is 0 Å². The second-order valence-corrected chi connectivity index (χ2v) is 9.32. The average Bonchev–Trinajstić information content (AvgIpc) is 2.71. The molecule has 0 aliphatic heterocycles. The Balaban J connectivity index is 2.18. The van der Waals surface area contributed by atoms with E-state index in [1.54, 1.807) is 0 Å². The molecule has 180 valence electrons. The van der Waals surface area contributed by atoms with Crippen LogP contribution in [0.15, 0.2) is 23.8 Å². The Labute approximate surface area is 189 Å². The molecule has 32 heavy (non-hydrogen) atoms. The largest absolute Gasteiger partial charge is 0.481 e. The second kappa shape index (κ2) is 11.6. The molecule has 0 saturated carbocycles. The number of aliphatic carboxylic acids is 1. The van der Waals surface area contributed by atoms with Gasteiger partial charge in [-0.3, -0.25) is 14.4 Å². The van der Waals surface area contributed by atoms with Gasteiger partial charge in [0.25, 0.3) is 0 Å². The highest BCUT2D eigenvalue weighted by Gasteiger charge is 2.43. The smallest absolute Gasteiger partial charge is 0.308 e. The van der Waals surface area contributed by atoms with Crippen LogP contribution in [0.5, 0.6) is 0 Å². The number of carbonyl (C=O) groups is 3. The Kier molecular flexibility index (Phi) is 9.46. The molecule has 0 spiro atoms. The van der Waals surface area contributed by atoms with Crippen LogP contribution >= 0.6 is 0 Å². The number of primary amides is 1. The summed E-state index contributed by atoms with van der Waals surface area (Å²) in [5.41, 5.74) is 6.48.